The van der Waals surface area contributed by atoms with Crippen molar-refractivity contribution in [2.24, 2.45) is 10.8 Å². The van der Waals surface area contributed by atoms with Gasteiger partial charge in [-0.15, -0.1) is 11.8 Å². The van der Waals surface area contributed by atoms with Crippen molar-refractivity contribution < 1.29 is 4.39 Å². The van der Waals surface area contributed by atoms with Gasteiger partial charge < -0.3 is 5.43 Å². The smallest absolute Gasteiger partial charge is 0.148 e. The molecule has 3 rings (SSSR count). The lowest BCUT2D eigenvalue weighted by Gasteiger charge is -2.14. The summed E-state index contributed by atoms with van der Waals surface area (Å²) in [5.41, 5.74) is 5.74. The Hall–Kier alpha value is -2.63. The van der Waals surface area contributed by atoms with E-state index in [2.05, 4.69) is 22.6 Å². The summed E-state index contributed by atoms with van der Waals surface area (Å²) >= 11 is 1.67. The van der Waals surface area contributed by atoms with Crippen LogP contribution in [0.15, 0.2) is 82.7 Å². The maximum atomic E-state index is 14.0. The van der Waals surface area contributed by atoms with Gasteiger partial charge in [0.2, 0.25) is 0 Å². The number of halogens is 1. The van der Waals surface area contributed by atoms with E-state index in [4.69, 9.17) is 5.84 Å². The normalized spacial score (nSPS) is 11.4. The highest BCUT2D eigenvalue weighted by Gasteiger charge is 2.13. The molecule has 0 spiro atoms. The number of hydrazine groups is 1. The minimum Gasteiger partial charge on any atom is -0.308 e. The van der Waals surface area contributed by atoms with E-state index < -0.39 is 5.82 Å². The van der Waals surface area contributed by atoms with Crippen molar-refractivity contribution in [3.63, 3.8) is 0 Å². The molecule has 0 aromatic heterocycles. The van der Waals surface area contributed by atoms with Crippen molar-refractivity contribution in [1.82, 2.24) is 5.43 Å². The molecule has 0 atom stereocenters. The van der Waals surface area contributed by atoms with E-state index in [1.807, 2.05) is 42.7 Å². The third kappa shape index (κ3) is 3.73. The van der Waals surface area contributed by atoms with Gasteiger partial charge in [0.15, 0.2) is 0 Å². The van der Waals surface area contributed by atoms with Crippen LogP contribution in [0.25, 0.3) is 11.1 Å². The molecule has 0 heterocycles. The standard InChI is InChI=1S/C20H18FN3S/c1-25-19-13-7-4-9-15(19)14-8-2-3-10-16(14)20(24-22)23-18-12-6-5-11-17(18)21/h2-13H,22H2,1H3,(H,23,24). The summed E-state index contributed by atoms with van der Waals surface area (Å²) in [6.45, 7) is 0. The predicted molar refractivity (Wildman–Crippen MR) is 104 cm³/mol. The van der Waals surface area contributed by atoms with Gasteiger partial charge in [0.25, 0.3) is 0 Å². The molecule has 0 aliphatic heterocycles. The molecule has 3 aromatic carbocycles. The largest absolute Gasteiger partial charge is 0.308 e. The minimum absolute atomic E-state index is 0.239. The van der Waals surface area contributed by atoms with Crippen LogP contribution in [0.5, 0.6) is 0 Å². The van der Waals surface area contributed by atoms with Crippen LogP contribution in [0.4, 0.5) is 10.1 Å². The zero-order chi connectivity index (χ0) is 17.6. The number of nitrogens with zero attached hydrogens (tertiary/aromatic N) is 1. The van der Waals surface area contributed by atoms with Gasteiger partial charge in [0.1, 0.15) is 17.3 Å². The summed E-state index contributed by atoms with van der Waals surface area (Å²) in [6.07, 6.45) is 2.04. The summed E-state index contributed by atoms with van der Waals surface area (Å²) in [6, 6.07) is 22.3. The molecule has 0 aliphatic carbocycles. The van der Waals surface area contributed by atoms with E-state index in [9.17, 15) is 4.39 Å². The molecule has 0 fully saturated rings. The third-order valence-corrected chi connectivity index (χ3v) is 4.60. The van der Waals surface area contributed by atoms with Gasteiger partial charge in [-0.25, -0.2) is 15.2 Å². The van der Waals surface area contributed by atoms with Crippen LogP contribution in [0, 0.1) is 5.82 Å². The van der Waals surface area contributed by atoms with E-state index >= 15 is 0 Å². The maximum Gasteiger partial charge on any atom is 0.148 e. The van der Waals surface area contributed by atoms with Crippen molar-refractivity contribution in [2.75, 3.05) is 6.26 Å². The zero-order valence-corrected chi connectivity index (χ0v) is 14.6. The predicted octanol–water partition coefficient (Wildman–Crippen LogP) is 4.76. The van der Waals surface area contributed by atoms with Crippen LogP contribution in [-0.4, -0.2) is 12.1 Å². The maximum absolute atomic E-state index is 14.0. The molecule has 25 heavy (non-hydrogen) atoms. The Balaban J connectivity index is 2.16. The number of hydrogen-bond acceptors (Lipinski definition) is 3. The number of nitrogens with one attached hydrogen (secondary N) is 1. The number of rotatable bonds is 4. The van der Waals surface area contributed by atoms with Gasteiger partial charge >= 0.3 is 0 Å². The lowest BCUT2D eigenvalue weighted by atomic mass is 9.99. The van der Waals surface area contributed by atoms with Crippen LogP contribution >= 0.6 is 11.8 Å². The van der Waals surface area contributed by atoms with Gasteiger partial charge in [0.05, 0.1) is 0 Å². The van der Waals surface area contributed by atoms with Crippen LogP contribution in [-0.2, 0) is 0 Å². The van der Waals surface area contributed by atoms with Crippen LogP contribution < -0.4 is 11.3 Å². The number of nitrogens with two attached hydrogens (primary N) is 1. The number of hydrogen-bond donors (Lipinski definition) is 2. The SMILES string of the molecule is CSc1ccccc1-c1ccccc1C(=Nc1ccccc1F)NN. The Bertz CT molecular complexity index is 909. The fraction of sp³-hybridized carbons (Fsp3) is 0.0500. The minimum atomic E-state index is -0.391. The molecule has 0 unspecified atom stereocenters. The van der Waals surface area contributed by atoms with E-state index in [1.54, 1.807) is 30.0 Å². The molecule has 3 N–H and O–H groups in total. The first-order valence-electron chi connectivity index (χ1n) is 7.77. The van der Waals surface area contributed by atoms with Crippen molar-refractivity contribution in [2.45, 2.75) is 4.90 Å². The molecule has 0 aliphatic rings. The van der Waals surface area contributed by atoms with Crippen molar-refractivity contribution in [3.05, 3.63) is 84.2 Å². The second kappa shape index (κ2) is 7.96. The first-order valence-corrected chi connectivity index (χ1v) is 8.99. The Morgan fingerprint density at radius 3 is 2.28 bits per heavy atom. The van der Waals surface area contributed by atoms with Gasteiger partial charge in [-0.3, -0.25) is 0 Å². The Labute approximate surface area is 150 Å². The highest BCUT2D eigenvalue weighted by molar-refractivity contribution is 7.98. The van der Waals surface area contributed by atoms with Crippen molar-refractivity contribution in [3.8, 4) is 11.1 Å². The Kier molecular flexibility index (Phi) is 5.48. The van der Waals surface area contributed by atoms with Gasteiger partial charge in [-0.05, 0) is 35.6 Å². The number of benzene rings is 3. The Morgan fingerprint density at radius 1 is 0.920 bits per heavy atom. The lowest BCUT2D eigenvalue weighted by Crippen LogP contribution is -2.31. The van der Waals surface area contributed by atoms with E-state index in [0.717, 1.165) is 21.6 Å². The highest BCUT2D eigenvalue weighted by Crippen LogP contribution is 2.32. The Morgan fingerprint density at radius 2 is 1.56 bits per heavy atom. The molecule has 0 saturated heterocycles. The zero-order valence-electron chi connectivity index (χ0n) is 13.7. The molecule has 0 amide bonds. The molecule has 0 bridgehead atoms. The number of thioether (sulfide) groups is 1. The summed E-state index contributed by atoms with van der Waals surface area (Å²) < 4.78 is 14.0. The molecular weight excluding hydrogens is 333 g/mol. The molecule has 3 nitrogen and oxygen atoms in total. The fourth-order valence-electron chi connectivity index (χ4n) is 2.62. The van der Waals surface area contributed by atoms with Crippen molar-refractivity contribution >= 4 is 23.3 Å². The fourth-order valence-corrected chi connectivity index (χ4v) is 3.24. The lowest BCUT2D eigenvalue weighted by molar-refractivity contribution is 0.630. The molecule has 0 radical (unpaired) electrons. The number of amidine groups is 1. The number of para-hydroxylation sites is 1. The van der Waals surface area contributed by atoms with E-state index in [-0.39, 0.29) is 5.69 Å². The molecule has 3 aromatic rings. The average Bonchev–Trinajstić information content (AvgIpc) is 2.67. The van der Waals surface area contributed by atoms with Gasteiger partial charge in [0, 0.05) is 10.5 Å². The van der Waals surface area contributed by atoms with Gasteiger partial charge in [-0.1, -0.05) is 54.6 Å². The highest BCUT2D eigenvalue weighted by atomic mass is 32.2. The third-order valence-electron chi connectivity index (χ3n) is 3.80. The molecule has 126 valence electrons. The second-order valence-electron chi connectivity index (χ2n) is 5.30. The molecular formula is C20H18FN3S. The second-order valence-corrected chi connectivity index (χ2v) is 6.15. The van der Waals surface area contributed by atoms with Crippen molar-refractivity contribution in [1.29, 1.82) is 0 Å². The van der Waals surface area contributed by atoms with Crippen LogP contribution in [0.3, 0.4) is 0 Å². The first-order chi connectivity index (χ1) is 12.2. The first kappa shape index (κ1) is 17.2. The summed E-state index contributed by atoms with van der Waals surface area (Å²) in [4.78, 5) is 5.54. The van der Waals surface area contributed by atoms with E-state index in [0.29, 0.717) is 5.84 Å². The summed E-state index contributed by atoms with van der Waals surface area (Å²) in [5.74, 6) is 5.73. The summed E-state index contributed by atoms with van der Waals surface area (Å²) in [5, 5.41) is 0. The van der Waals surface area contributed by atoms with Crippen LogP contribution in [0.2, 0.25) is 0 Å². The quantitative estimate of drug-likeness (QED) is 0.234. The van der Waals surface area contributed by atoms with Gasteiger partial charge in [-0.2, -0.15) is 0 Å². The molecule has 0 saturated carbocycles. The molecule has 5 heteroatoms. The monoisotopic (exact) mass is 351 g/mol. The topological polar surface area (TPSA) is 50.4 Å². The summed E-state index contributed by atoms with van der Waals surface area (Å²) in [7, 11) is 0. The number of aliphatic imine (C=N–C) groups is 1. The van der Waals surface area contributed by atoms with Crippen LogP contribution in [0.1, 0.15) is 5.56 Å². The average molecular weight is 351 g/mol. The van der Waals surface area contributed by atoms with E-state index in [1.165, 1.54) is 6.07 Å².